The number of nitrogens with zero attached hydrogens (tertiary/aromatic N) is 5. The lowest BCUT2D eigenvalue weighted by Gasteiger charge is -2.18. The van der Waals surface area contributed by atoms with Crippen LogP contribution in [0.5, 0.6) is 0 Å². The Balaban J connectivity index is 1.32. The van der Waals surface area contributed by atoms with Crippen LogP contribution in [0.4, 0.5) is 26.3 Å². The predicted molar refractivity (Wildman–Crippen MR) is 224 cm³/mol. The van der Waals surface area contributed by atoms with Gasteiger partial charge in [0.15, 0.2) is 17.5 Å². The monoisotopic (exact) mass is 803 g/mol. The third-order valence-electron chi connectivity index (χ3n) is 10.9. The van der Waals surface area contributed by atoms with Crippen LogP contribution >= 0.6 is 0 Å². The summed E-state index contributed by atoms with van der Waals surface area (Å²) in [7, 11) is 0. The Morgan fingerprint density at radius 1 is 0.383 bits per heavy atom. The van der Waals surface area contributed by atoms with E-state index >= 15 is 0 Å². The van der Waals surface area contributed by atoms with Gasteiger partial charge in [0.25, 0.3) is 0 Å². The molecule has 0 radical (unpaired) electrons. The third kappa shape index (κ3) is 6.16. The van der Waals surface area contributed by atoms with E-state index in [-0.39, 0.29) is 28.6 Å². The number of hydrogen-bond acceptors (Lipinski definition) is 3. The fourth-order valence-electron chi connectivity index (χ4n) is 8.20. The van der Waals surface area contributed by atoms with Crippen LogP contribution in [0.2, 0.25) is 0 Å². The van der Waals surface area contributed by atoms with Crippen LogP contribution in [0.3, 0.4) is 0 Å². The van der Waals surface area contributed by atoms with Crippen molar-refractivity contribution in [2.75, 3.05) is 0 Å². The molecule has 60 heavy (non-hydrogen) atoms. The number of fused-ring (bicyclic) bond motifs is 6. The first-order valence-corrected chi connectivity index (χ1v) is 19.1. The van der Waals surface area contributed by atoms with Crippen molar-refractivity contribution in [3.63, 3.8) is 0 Å². The quantitative estimate of drug-likeness (QED) is 0.163. The molecular weight excluding hydrogens is 773 g/mol. The molecule has 294 valence electrons. The molecule has 0 aliphatic carbocycles. The molecule has 10 aromatic rings. The Labute approximate surface area is 338 Å². The number of hydrogen-bond donors (Lipinski definition) is 0. The van der Waals surface area contributed by atoms with Gasteiger partial charge < -0.3 is 9.13 Å². The number of para-hydroxylation sites is 2. The van der Waals surface area contributed by atoms with Gasteiger partial charge in [0.2, 0.25) is 0 Å². The number of alkyl halides is 6. The van der Waals surface area contributed by atoms with Gasteiger partial charge in [-0.25, -0.2) is 15.0 Å². The molecule has 5 nitrogen and oxygen atoms in total. The van der Waals surface area contributed by atoms with Gasteiger partial charge in [-0.1, -0.05) is 90.0 Å². The van der Waals surface area contributed by atoms with Gasteiger partial charge in [0.1, 0.15) is 0 Å². The minimum absolute atomic E-state index is 0.00903. The maximum atomic E-state index is 14.7. The molecule has 0 N–H and O–H groups in total. The van der Waals surface area contributed by atoms with Crippen molar-refractivity contribution in [3.8, 4) is 45.5 Å². The summed E-state index contributed by atoms with van der Waals surface area (Å²) in [5.74, 6) is -0.239. The van der Waals surface area contributed by atoms with Crippen molar-refractivity contribution < 1.29 is 26.3 Å². The lowest BCUT2D eigenvalue weighted by Crippen LogP contribution is -2.10. The first kappa shape index (κ1) is 37.0. The fraction of sp³-hybridized carbons (Fsp3) is 0.0816. The van der Waals surface area contributed by atoms with Crippen molar-refractivity contribution in [3.05, 3.63) is 174 Å². The summed E-state index contributed by atoms with van der Waals surface area (Å²) in [6.07, 6.45) is -9.49. The molecule has 0 amide bonds. The van der Waals surface area contributed by atoms with Crippen molar-refractivity contribution >= 4 is 43.6 Å². The number of halogens is 6. The first-order valence-electron chi connectivity index (χ1n) is 19.1. The molecule has 0 aliphatic heterocycles. The zero-order chi connectivity index (χ0) is 41.5. The highest BCUT2D eigenvalue weighted by Gasteiger charge is 2.34. The van der Waals surface area contributed by atoms with Gasteiger partial charge >= 0.3 is 12.4 Å². The Morgan fingerprint density at radius 2 is 0.783 bits per heavy atom. The van der Waals surface area contributed by atoms with E-state index in [0.717, 1.165) is 79.0 Å². The molecule has 0 aliphatic rings. The highest BCUT2D eigenvalue weighted by molar-refractivity contribution is 6.11. The summed E-state index contributed by atoms with van der Waals surface area (Å²) in [5.41, 5.74) is 4.26. The lowest BCUT2D eigenvalue weighted by molar-refractivity contribution is -0.138. The first-order chi connectivity index (χ1) is 28.8. The minimum Gasteiger partial charge on any atom is -0.309 e. The molecule has 10 rings (SSSR count). The maximum absolute atomic E-state index is 14.7. The number of rotatable bonds is 5. The molecule has 3 heterocycles. The standard InChI is InChI=1S/C49H31F6N5/c1-28-16-20-41-35(24-28)33-12-6-8-14-39(33)59(41)43-22-18-31(48(50,51)52)26-37(43)46-56-45(30-10-4-3-5-11-30)57-47(58-46)38-27-32(49(53,54)55)19-23-44(38)60-40-15-9-7-13-34(40)36-25-29(2)17-21-42(36)60/h3-27H,1-2H3. The predicted octanol–water partition coefficient (Wildman–Crippen LogP) is 13.7. The van der Waals surface area contributed by atoms with E-state index in [0.29, 0.717) is 16.9 Å². The Hall–Kier alpha value is -7.27. The number of aryl methyl sites for hydroxylation is 2. The lowest BCUT2D eigenvalue weighted by atomic mass is 10.0. The second kappa shape index (κ2) is 13.7. The van der Waals surface area contributed by atoms with E-state index in [1.807, 2.05) is 108 Å². The summed E-state index contributed by atoms with van der Waals surface area (Å²) in [6.45, 7) is 3.93. The summed E-state index contributed by atoms with van der Waals surface area (Å²) in [5, 5.41) is 3.57. The average Bonchev–Trinajstić information content (AvgIpc) is 3.74. The summed E-state index contributed by atoms with van der Waals surface area (Å²) < 4.78 is 91.8. The van der Waals surface area contributed by atoms with Crippen molar-refractivity contribution in [1.29, 1.82) is 0 Å². The van der Waals surface area contributed by atoms with Gasteiger partial charge in [-0.3, -0.25) is 0 Å². The normalized spacial score (nSPS) is 12.3. The average molecular weight is 804 g/mol. The maximum Gasteiger partial charge on any atom is 0.416 e. The van der Waals surface area contributed by atoms with Crippen LogP contribution in [0, 0.1) is 13.8 Å². The molecule has 0 spiro atoms. The smallest absolute Gasteiger partial charge is 0.309 e. The van der Waals surface area contributed by atoms with E-state index in [2.05, 4.69) is 0 Å². The van der Waals surface area contributed by atoms with E-state index in [9.17, 15) is 26.3 Å². The molecule has 0 bridgehead atoms. The Kier molecular flexibility index (Phi) is 8.43. The zero-order valence-corrected chi connectivity index (χ0v) is 31.9. The molecule has 0 fully saturated rings. The van der Waals surface area contributed by atoms with Crippen molar-refractivity contribution in [2.24, 2.45) is 0 Å². The highest BCUT2D eigenvalue weighted by Crippen LogP contribution is 2.42. The van der Waals surface area contributed by atoms with Crippen LogP contribution in [-0.2, 0) is 12.4 Å². The van der Waals surface area contributed by atoms with Gasteiger partial charge in [-0.2, -0.15) is 26.3 Å². The van der Waals surface area contributed by atoms with E-state index in [1.54, 1.807) is 30.3 Å². The molecule has 0 atom stereocenters. The Bertz CT molecular complexity index is 3120. The van der Waals surface area contributed by atoms with E-state index in [4.69, 9.17) is 15.0 Å². The molecule has 7 aromatic carbocycles. The highest BCUT2D eigenvalue weighted by atomic mass is 19.4. The molecular formula is C49H31F6N5. The molecule has 0 saturated heterocycles. The largest absolute Gasteiger partial charge is 0.416 e. The van der Waals surface area contributed by atoms with Crippen molar-refractivity contribution in [1.82, 2.24) is 24.1 Å². The fourth-order valence-corrected chi connectivity index (χ4v) is 8.20. The topological polar surface area (TPSA) is 48.5 Å². The SMILES string of the molecule is Cc1ccc2c(c1)c1ccccc1n2-c1ccc(C(F)(F)F)cc1-c1nc(-c2ccccc2)nc(-c2cc(C(F)(F)F)ccc2-n2c3ccccc3c3cc(C)ccc32)n1. The van der Waals surface area contributed by atoms with Crippen LogP contribution < -0.4 is 0 Å². The van der Waals surface area contributed by atoms with E-state index in [1.165, 1.54) is 12.1 Å². The molecule has 11 heteroatoms. The van der Waals surface area contributed by atoms with Crippen LogP contribution in [0.1, 0.15) is 22.3 Å². The minimum atomic E-state index is -4.74. The number of benzene rings is 7. The van der Waals surface area contributed by atoms with Gasteiger partial charge in [-0.05, 0) is 86.6 Å². The summed E-state index contributed by atoms with van der Waals surface area (Å²) >= 11 is 0. The third-order valence-corrected chi connectivity index (χ3v) is 10.9. The van der Waals surface area contributed by atoms with Crippen LogP contribution in [-0.4, -0.2) is 24.1 Å². The molecule has 0 unspecified atom stereocenters. The second-order valence-electron chi connectivity index (χ2n) is 14.9. The Morgan fingerprint density at radius 3 is 1.23 bits per heavy atom. The van der Waals surface area contributed by atoms with Gasteiger partial charge in [0.05, 0.1) is 44.6 Å². The number of aromatic nitrogens is 5. The summed E-state index contributed by atoms with van der Waals surface area (Å²) in [6, 6.07) is 42.5. The van der Waals surface area contributed by atoms with Gasteiger partial charge in [-0.15, -0.1) is 0 Å². The molecule has 3 aromatic heterocycles. The van der Waals surface area contributed by atoms with Crippen LogP contribution in [0.15, 0.2) is 152 Å². The second-order valence-corrected chi connectivity index (χ2v) is 14.9. The van der Waals surface area contributed by atoms with Crippen LogP contribution in [0.25, 0.3) is 89.2 Å². The molecule has 0 saturated carbocycles. The zero-order valence-electron chi connectivity index (χ0n) is 31.9. The van der Waals surface area contributed by atoms with Crippen molar-refractivity contribution in [2.45, 2.75) is 26.2 Å². The summed E-state index contributed by atoms with van der Waals surface area (Å²) in [4.78, 5) is 14.5. The van der Waals surface area contributed by atoms with E-state index < -0.39 is 23.5 Å². The van der Waals surface area contributed by atoms with Gasteiger partial charge in [0, 0.05) is 38.2 Å².